The molecule has 0 radical (unpaired) electrons. The zero-order valence-electron chi connectivity index (χ0n) is 12.2. The molecule has 2 rings (SSSR count). The molecule has 1 amide bonds. The Hall–Kier alpha value is -1.93. The third kappa shape index (κ3) is 3.70. The Bertz CT molecular complexity index is 673. The average molecular weight is 344 g/mol. The fraction of sp³-hybridized carbons (Fsp3) is 0.333. The molecule has 0 unspecified atom stereocenters. The molecular weight excluding hydrogens is 329 g/mol. The largest absolute Gasteiger partial charge is 0.421 e. The lowest BCUT2D eigenvalue weighted by Crippen LogP contribution is -2.45. The van der Waals surface area contributed by atoms with Crippen LogP contribution in [0.25, 0.3) is 0 Å². The maximum Gasteiger partial charge on any atom is 0.421 e. The van der Waals surface area contributed by atoms with Gasteiger partial charge >= 0.3 is 6.18 Å². The van der Waals surface area contributed by atoms with Gasteiger partial charge in [-0.3, -0.25) is 4.79 Å². The molecule has 0 aliphatic carbocycles. The molecule has 0 saturated heterocycles. The van der Waals surface area contributed by atoms with Crippen molar-refractivity contribution in [1.82, 2.24) is 9.69 Å². The van der Waals surface area contributed by atoms with Gasteiger partial charge in [0.25, 0.3) is 5.91 Å². The lowest BCUT2D eigenvalue weighted by Gasteiger charge is -2.31. The molecule has 0 saturated carbocycles. The summed E-state index contributed by atoms with van der Waals surface area (Å²) in [5.41, 5.74) is -2.43. The van der Waals surface area contributed by atoms with Crippen LogP contribution in [0.3, 0.4) is 0 Å². The van der Waals surface area contributed by atoms with Crippen LogP contribution in [0.15, 0.2) is 35.7 Å². The van der Waals surface area contributed by atoms with E-state index in [9.17, 15) is 23.1 Å². The smallest absolute Gasteiger partial charge is 0.376 e. The minimum atomic E-state index is -4.85. The lowest BCUT2D eigenvalue weighted by atomic mass is 9.89. The minimum Gasteiger partial charge on any atom is -0.376 e. The number of benzene rings is 1. The van der Waals surface area contributed by atoms with Crippen molar-refractivity contribution in [2.75, 3.05) is 6.54 Å². The van der Waals surface area contributed by atoms with Crippen molar-refractivity contribution in [2.24, 2.45) is 0 Å². The topological polar surface area (TPSA) is 62.2 Å². The number of aliphatic hydroxyl groups is 1. The summed E-state index contributed by atoms with van der Waals surface area (Å²) in [5, 5.41) is 14.0. The number of carbonyl (C=O) groups excluding carboxylic acids is 1. The van der Waals surface area contributed by atoms with E-state index in [-0.39, 0.29) is 12.1 Å². The summed E-state index contributed by atoms with van der Waals surface area (Å²) in [6.07, 6.45) is -5.53. The van der Waals surface area contributed by atoms with Gasteiger partial charge in [0.1, 0.15) is 0 Å². The van der Waals surface area contributed by atoms with Gasteiger partial charge in [-0.25, -0.2) is 0 Å². The molecule has 1 aromatic heterocycles. The number of aryl methyl sites for hydroxylation is 1. The monoisotopic (exact) mass is 344 g/mol. The van der Waals surface area contributed by atoms with Crippen molar-refractivity contribution < 1.29 is 23.1 Å². The quantitative estimate of drug-likeness (QED) is 0.876. The maximum atomic E-state index is 13.3. The van der Waals surface area contributed by atoms with E-state index in [1.54, 1.807) is 13.0 Å². The van der Waals surface area contributed by atoms with E-state index in [0.717, 1.165) is 11.5 Å². The van der Waals surface area contributed by atoms with Crippen LogP contribution < -0.4 is 5.32 Å². The van der Waals surface area contributed by atoms with Crippen LogP contribution in [-0.4, -0.2) is 28.1 Å². The van der Waals surface area contributed by atoms with Crippen LogP contribution in [-0.2, 0) is 5.60 Å². The molecule has 0 bridgehead atoms. The van der Waals surface area contributed by atoms with Crippen molar-refractivity contribution in [3.8, 4) is 0 Å². The van der Waals surface area contributed by atoms with E-state index in [0.29, 0.717) is 11.3 Å². The molecule has 8 heteroatoms. The first kappa shape index (κ1) is 17.4. The summed E-state index contributed by atoms with van der Waals surface area (Å²) in [7, 11) is 0. The number of amides is 1. The Morgan fingerprint density at radius 2 is 1.96 bits per heavy atom. The van der Waals surface area contributed by atoms with Gasteiger partial charge < -0.3 is 10.4 Å². The fourth-order valence-corrected chi connectivity index (χ4v) is 2.82. The van der Waals surface area contributed by atoms with E-state index >= 15 is 0 Å². The van der Waals surface area contributed by atoms with Crippen LogP contribution in [0.4, 0.5) is 13.2 Å². The number of rotatable bonds is 5. The number of nitrogens with zero attached hydrogens (tertiary/aromatic N) is 1. The molecule has 0 aliphatic rings. The van der Waals surface area contributed by atoms with Crippen molar-refractivity contribution >= 4 is 17.4 Å². The maximum absolute atomic E-state index is 13.3. The standard InChI is InChI=1S/C15H15F3N2O2S/c1-10-12(9-23-20-10)13(21)19-8-7-14(22,15(16,17)18)11-5-3-2-4-6-11/h2-6,9,22H,7-8H2,1H3,(H,19,21)/t14-/m0/s1. The molecule has 1 atom stereocenters. The second-order valence-corrected chi connectivity index (χ2v) is 5.67. The Morgan fingerprint density at radius 3 is 2.48 bits per heavy atom. The van der Waals surface area contributed by atoms with Gasteiger partial charge in [0.2, 0.25) is 0 Å². The highest BCUT2D eigenvalue weighted by molar-refractivity contribution is 7.03. The number of carbonyl (C=O) groups is 1. The number of hydrogen-bond donors (Lipinski definition) is 2. The van der Waals surface area contributed by atoms with Gasteiger partial charge in [0.05, 0.1) is 11.3 Å². The van der Waals surface area contributed by atoms with Crippen LogP contribution in [0.1, 0.15) is 28.0 Å². The van der Waals surface area contributed by atoms with Crippen LogP contribution in [0.5, 0.6) is 0 Å². The molecule has 1 heterocycles. The summed E-state index contributed by atoms with van der Waals surface area (Å²) < 4.78 is 43.8. The first-order chi connectivity index (χ1) is 10.8. The summed E-state index contributed by atoms with van der Waals surface area (Å²) in [6, 6.07) is 6.83. The summed E-state index contributed by atoms with van der Waals surface area (Å²) in [6.45, 7) is 1.32. The van der Waals surface area contributed by atoms with Gasteiger partial charge in [-0.1, -0.05) is 30.3 Å². The van der Waals surface area contributed by atoms with Gasteiger partial charge in [0.15, 0.2) is 5.60 Å². The van der Waals surface area contributed by atoms with Crippen molar-refractivity contribution in [1.29, 1.82) is 0 Å². The van der Waals surface area contributed by atoms with E-state index in [4.69, 9.17) is 0 Å². The number of hydrogen-bond acceptors (Lipinski definition) is 4. The van der Waals surface area contributed by atoms with Crippen molar-refractivity contribution in [2.45, 2.75) is 25.1 Å². The third-order valence-corrected chi connectivity index (χ3v) is 4.21. The zero-order chi connectivity index (χ0) is 17.1. The molecule has 1 aromatic carbocycles. The van der Waals surface area contributed by atoms with Crippen molar-refractivity contribution in [3.63, 3.8) is 0 Å². The molecular formula is C15H15F3N2O2S. The third-order valence-electron chi connectivity index (χ3n) is 3.49. The van der Waals surface area contributed by atoms with Gasteiger partial charge in [-0.05, 0) is 24.0 Å². The number of halogens is 3. The first-order valence-electron chi connectivity index (χ1n) is 6.79. The molecule has 2 N–H and O–H groups in total. The molecule has 0 spiro atoms. The van der Waals surface area contributed by atoms with Crippen LogP contribution in [0, 0.1) is 6.92 Å². The SMILES string of the molecule is Cc1nscc1C(=O)NCC[C@](O)(c1ccccc1)C(F)(F)F. The highest BCUT2D eigenvalue weighted by Gasteiger charge is 2.54. The van der Waals surface area contributed by atoms with Crippen molar-refractivity contribution in [3.05, 3.63) is 52.5 Å². The van der Waals surface area contributed by atoms with Gasteiger partial charge in [-0.15, -0.1) is 0 Å². The van der Waals surface area contributed by atoms with Gasteiger partial charge in [-0.2, -0.15) is 17.5 Å². The van der Waals surface area contributed by atoms with Gasteiger partial charge in [0, 0.05) is 18.3 Å². The molecule has 0 aliphatic heterocycles. The second-order valence-electron chi connectivity index (χ2n) is 5.04. The first-order valence-corrected chi connectivity index (χ1v) is 7.63. The van der Waals surface area contributed by atoms with Crippen LogP contribution >= 0.6 is 11.5 Å². The minimum absolute atomic E-state index is 0.255. The molecule has 23 heavy (non-hydrogen) atoms. The number of nitrogens with one attached hydrogen (secondary N) is 1. The van der Waals surface area contributed by atoms with E-state index in [1.165, 1.54) is 29.6 Å². The van der Waals surface area contributed by atoms with Crippen LogP contribution in [0.2, 0.25) is 0 Å². The van der Waals surface area contributed by atoms with E-state index in [1.807, 2.05) is 0 Å². The normalized spacial score (nSPS) is 14.3. The highest BCUT2D eigenvalue weighted by atomic mass is 32.1. The lowest BCUT2D eigenvalue weighted by molar-refractivity contribution is -0.268. The number of alkyl halides is 3. The molecule has 2 aromatic rings. The predicted molar refractivity (Wildman–Crippen MR) is 80.2 cm³/mol. The Labute approximate surface area is 135 Å². The molecule has 4 nitrogen and oxygen atoms in total. The fourth-order valence-electron chi connectivity index (χ4n) is 2.13. The zero-order valence-corrected chi connectivity index (χ0v) is 13.0. The summed E-state index contributed by atoms with van der Waals surface area (Å²) in [4.78, 5) is 11.9. The molecule has 0 fully saturated rings. The Morgan fingerprint density at radius 1 is 1.30 bits per heavy atom. The number of aromatic nitrogens is 1. The van der Waals surface area contributed by atoms with E-state index < -0.39 is 24.1 Å². The van der Waals surface area contributed by atoms with E-state index in [2.05, 4.69) is 9.69 Å². The second kappa shape index (κ2) is 6.67. The summed E-state index contributed by atoms with van der Waals surface area (Å²) >= 11 is 1.09. The highest BCUT2D eigenvalue weighted by Crippen LogP contribution is 2.41. The Balaban J connectivity index is 2.09. The molecule has 124 valence electrons. The predicted octanol–water partition coefficient (Wildman–Crippen LogP) is 3.02. The summed E-state index contributed by atoms with van der Waals surface area (Å²) in [5.74, 6) is -0.506. The Kier molecular flexibility index (Phi) is 5.06. The average Bonchev–Trinajstić information content (AvgIpc) is 2.93.